The van der Waals surface area contributed by atoms with Crippen molar-refractivity contribution in [3.05, 3.63) is 26.7 Å². The van der Waals surface area contributed by atoms with Gasteiger partial charge in [0.05, 0.1) is 10.0 Å². The van der Waals surface area contributed by atoms with Gasteiger partial charge in [-0.3, -0.25) is 5.32 Å². The highest BCUT2D eigenvalue weighted by Crippen LogP contribution is 2.39. The van der Waals surface area contributed by atoms with Crippen molar-refractivity contribution in [1.29, 1.82) is 5.26 Å². The van der Waals surface area contributed by atoms with E-state index in [4.69, 9.17) is 40.1 Å². The summed E-state index contributed by atoms with van der Waals surface area (Å²) in [6, 6.07) is 1.58. The summed E-state index contributed by atoms with van der Waals surface area (Å²) in [6.45, 7) is 1.77. The molecular weight excluding hydrogens is 301 g/mol. The van der Waals surface area contributed by atoms with Gasteiger partial charge in [-0.2, -0.15) is 5.26 Å². The summed E-state index contributed by atoms with van der Waals surface area (Å²) in [4.78, 5) is 4.19. The first-order valence-electron chi connectivity index (χ1n) is 4.43. The molecule has 0 unspecified atom stereocenters. The molecule has 0 aliphatic carbocycles. The third kappa shape index (κ3) is 3.43. The monoisotopic (exact) mass is 307 g/mol. The molecule has 1 aromatic rings. The Morgan fingerprint density at radius 1 is 1.41 bits per heavy atom. The minimum atomic E-state index is 0.344. The van der Waals surface area contributed by atoms with Crippen LogP contribution in [0, 0.1) is 18.4 Å². The molecule has 0 saturated carbocycles. The number of thioether (sulfide) groups is 1. The largest absolute Gasteiger partial charge is 0.271 e. The van der Waals surface area contributed by atoms with Crippen LogP contribution in [0.4, 0.5) is 5.69 Å². The number of hydrogen-bond acceptors (Lipinski definition) is 3. The molecule has 3 nitrogen and oxygen atoms in total. The fraction of sp³-hybridized carbons (Fsp3) is 0.200. The predicted octanol–water partition coefficient (Wildman–Crippen LogP) is 4.38. The molecule has 0 spiro atoms. The standard InChI is InChI=1S/C10H8Cl3N3S/c1-5-6(11)3-7(12)9(8(5)13)16-10(17-2)15-4-14/h3H,1-2H3,(H,15,16). The van der Waals surface area contributed by atoms with Crippen LogP contribution in [0.3, 0.4) is 0 Å². The number of nitriles is 1. The maximum absolute atomic E-state index is 8.54. The highest BCUT2D eigenvalue weighted by atomic mass is 35.5. The Balaban J connectivity index is 3.33. The van der Waals surface area contributed by atoms with Crippen molar-refractivity contribution in [2.24, 2.45) is 4.99 Å². The van der Waals surface area contributed by atoms with E-state index in [1.165, 1.54) is 11.8 Å². The SMILES string of the molecule is CSC(=Nc1c(Cl)cc(Cl)c(C)c1Cl)NC#N. The summed E-state index contributed by atoms with van der Waals surface area (Å²) in [5.41, 5.74) is 1.11. The van der Waals surface area contributed by atoms with E-state index in [-0.39, 0.29) is 0 Å². The van der Waals surface area contributed by atoms with E-state index < -0.39 is 0 Å². The van der Waals surface area contributed by atoms with Gasteiger partial charge in [0.1, 0.15) is 5.69 Å². The first-order chi connectivity index (χ1) is 8.01. The van der Waals surface area contributed by atoms with Gasteiger partial charge in [0.25, 0.3) is 0 Å². The maximum atomic E-state index is 8.54. The second-order valence-electron chi connectivity index (χ2n) is 2.99. The van der Waals surface area contributed by atoms with Gasteiger partial charge in [0.2, 0.25) is 0 Å². The Morgan fingerprint density at radius 2 is 2.06 bits per heavy atom. The molecule has 0 heterocycles. The zero-order valence-electron chi connectivity index (χ0n) is 9.01. The fourth-order valence-corrected chi connectivity index (χ4v) is 2.23. The number of halogens is 3. The van der Waals surface area contributed by atoms with Crippen molar-refractivity contribution in [3.8, 4) is 6.19 Å². The smallest absolute Gasteiger partial charge is 0.183 e. The number of hydrogen-bond donors (Lipinski definition) is 1. The molecule has 0 saturated heterocycles. The van der Waals surface area contributed by atoms with Gasteiger partial charge >= 0.3 is 0 Å². The lowest BCUT2D eigenvalue weighted by atomic mass is 10.2. The zero-order chi connectivity index (χ0) is 13.0. The van der Waals surface area contributed by atoms with Crippen molar-refractivity contribution >= 4 is 57.4 Å². The van der Waals surface area contributed by atoms with E-state index in [1.54, 1.807) is 25.4 Å². The summed E-state index contributed by atoms with van der Waals surface area (Å²) in [6.07, 6.45) is 3.58. The third-order valence-corrected chi connectivity index (χ3v) is 3.67. The molecular formula is C10H8Cl3N3S. The van der Waals surface area contributed by atoms with Gasteiger partial charge in [0.15, 0.2) is 11.4 Å². The van der Waals surface area contributed by atoms with Crippen LogP contribution in [-0.2, 0) is 0 Å². The van der Waals surface area contributed by atoms with E-state index in [9.17, 15) is 0 Å². The van der Waals surface area contributed by atoms with Crippen molar-refractivity contribution < 1.29 is 0 Å². The molecule has 0 bridgehead atoms. The number of nitrogens with one attached hydrogen (secondary N) is 1. The average Bonchev–Trinajstić information content (AvgIpc) is 2.30. The average molecular weight is 309 g/mol. The Hall–Kier alpha value is -0.600. The molecule has 0 atom stereocenters. The summed E-state index contributed by atoms with van der Waals surface area (Å²) in [5, 5.41) is 12.6. The first-order valence-corrected chi connectivity index (χ1v) is 6.79. The van der Waals surface area contributed by atoms with Gasteiger partial charge in [0, 0.05) is 5.02 Å². The second-order valence-corrected chi connectivity index (χ2v) is 4.97. The van der Waals surface area contributed by atoms with Crippen LogP contribution in [0.15, 0.2) is 11.1 Å². The van der Waals surface area contributed by atoms with Gasteiger partial charge in [-0.1, -0.05) is 46.6 Å². The second kappa shape index (κ2) is 6.36. The third-order valence-electron chi connectivity index (χ3n) is 1.94. The van der Waals surface area contributed by atoms with Crippen LogP contribution in [0.5, 0.6) is 0 Å². The van der Waals surface area contributed by atoms with E-state index in [1.807, 2.05) is 0 Å². The topological polar surface area (TPSA) is 48.2 Å². The number of benzene rings is 1. The van der Waals surface area contributed by atoms with Gasteiger partial charge in [-0.25, -0.2) is 4.99 Å². The van der Waals surface area contributed by atoms with E-state index in [2.05, 4.69) is 10.3 Å². The Kier molecular flexibility index (Phi) is 5.41. The fourth-order valence-electron chi connectivity index (χ4n) is 1.05. The quantitative estimate of drug-likeness (QED) is 0.362. The lowest BCUT2D eigenvalue weighted by Crippen LogP contribution is -2.12. The van der Waals surface area contributed by atoms with E-state index in [0.717, 1.165) is 0 Å². The highest BCUT2D eigenvalue weighted by Gasteiger charge is 2.12. The molecule has 90 valence electrons. The molecule has 1 rings (SSSR count). The van der Waals surface area contributed by atoms with Crippen LogP contribution in [0.25, 0.3) is 0 Å². The number of rotatable bonds is 1. The lowest BCUT2D eigenvalue weighted by Gasteiger charge is -2.08. The van der Waals surface area contributed by atoms with Crippen LogP contribution in [-0.4, -0.2) is 11.4 Å². The summed E-state index contributed by atoms with van der Waals surface area (Å²) in [5.74, 6) is 0. The van der Waals surface area contributed by atoms with E-state index in [0.29, 0.717) is 31.5 Å². The Labute approximate surface area is 119 Å². The van der Waals surface area contributed by atoms with E-state index >= 15 is 0 Å². The Morgan fingerprint density at radius 3 is 2.59 bits per heavy atom. The summed E-state index contributed by atoms with van der Waals surface area (Å²) in [7, 11) is 0. The van der Waals surface area contributed by atoms with Gasteiger partial charge < -0.3 is 0 Å². The van der Waals surface area contributed by atoms with Gasteiger partial charge in [-0.05, 0) is 24.8 Å². The molecule has 1 N–H and O–H groups in total. The minimum absolute atomic E-state index is 0.344. The predicted molar refractivity (Wildman–Crippen MR) is 75.6 cm³/mol. The minimum Gasteiger partial charge on any atom is -0.271 e. The molecule has 17 heavy (non-hydrogen) atoms. The molecule has 0 radical (unpaired) electrons. The Bertz CT molecular complexity index is 508. The maximum Gasteiger partial charge on any atom is 0.183 e. The van der Waals surface area contributed by atoms with Crippen LogP contribution in [0.2, 0.25) is 15.1 Å². The van der Waals surface area contributed by atoms with Crippen molar-refractivity contribution in [2.45, 2.75) is 6.92 Å². The number of amidine groups is 1. The zero-order valence-corrected chi connectivity index (χ0v) is 12.1. The van der Waals surface area contributed by atoms with Crippen molar-refractivity contribution in [1.82, 2.24) is 5.32 Å². The molecule has 0 fully saturated rings. The van der Waals surface area contributed by atoms with Crippen molar-refractivity contribution in [2.75, 3.05) is 6.26 Å². The summed E-state index contributed by atoms with van der Waals surface area (Å²) >= 11 is 19.3. The van der Waals surface area contributed by atoms with Gasteiger partial charge in [-0.15, -0.1) is 0 Å². The lowest BCUT2D eigenvalue weighted by molar-refractivity contribution is 1.28. The number of nitrogens with zero attached hydrogens (tertiary/aromatic N) is 2. The first kappa shape index (κ1) is 14.5. The molecule has 1 aromatic carbocycles. The highest BCUT2D eigenvalue weighted by molar-refractivity contribution is 8.13. The molecule has 0 aliphatic heterocycles. The normalized spacial score (nSPS) is 11.2. The van der Waals surface area contributed by atoms with Crippen molar-refractivity contribution in [3.63, 3.8) is 0 Å². The van der Waals surface area contributed by atoms with Crippen LogP contribution in [0.1, 0.15) is 5.56 Å². The summed E-state index contributed by atoms with van der Waals surface area (Å²) < 4.78 is 0. The van der Waals surface area contributed by atoms with Crippen LogP contribution >= 0.6 is 46.6 Å². The molecule has 0 amide bonds. The molecule has 0 aliphatic rings. The molecule has 7 heteroatoms. The molecule has 0 aromatic heterocycles. The van der Waals surface area contributed by atoms with Crippen LogP contribution < -0.4 is 5.32 Å². The number of aliphatic imine (C=N–C) groups is 1.